The van der Waals surface area contributed by atoms with E-state index in [0.717, 1.165) is 26.1 Å². The largest absolute Gasteiger partial charge is 0.376 e. The summed E-state index contributed by atoms with van der Waals surface area (Å²) >= 11 is 0. The Labute approximate surface area is 109 Å². The molecule has 98 valence electrons. The first-order chi connectivity index (χ1) is 8.75. The molecule has 1 heterocycles. The molecule has 0 bridgehead atoms. The molecule has 0 spiro atoms. The van der Waals surface area contributed by atoms with Crippen molar-refractivity contribution in [3.05, 3.63) is 35.4 Å². The van der Waals surface area contributed by atoms with Gasteiger partial charge in [0.2, 0.25) is 0 Å². The van der Waals surface area contributed by atoms with E-state index in [4.69, 9.17) is 10.5 Å². The number of benzene rings is 1. The van der Waals surface area contributed by atoms with E-state index in [2.05, 4.69) is 36.1 Å². The number of nitrogens with two attached hydrogens (primary N) is 1. The molecule has 1 aliphatic heterocycles. The Bertz CT molecular complexity index is 421. The van der Waals surface area contributed by atoms with Crippen LogP contribution < -0.4 is 5.73 Å². The molecule has 18 heavy (non-hydrogen) atoms. The second kappa shape index (κ2) is 5.00. The van der Waals surface area contributed by atoms with E-state index in [1.54, 1.807) is 0 Å². The number of hydrogen-bond donors (Lipinski definition) is 1. The lowest BCUT2D eigenvalue weighted by Gasteiger charge is -2.42. The minimum atomic E-state index is 0.153. The molecule has 1 fully saturated rings. The highest BCUT2D eigenvalue weighted by Gasteiger charge is 2.32. The summed E-state index contributed by atoms with van der Waals surface area (Å²) in [6.07, 6.45) is 2.66. The second-order valence-corrected chi connectivity index (χ2v) is 5.51. The van der Waals surface area contributed by atoms with E-state index in [0.29, 0.717) is 12.1 Å². The Morgan fingerprint density at radius 3 is 3.00 bits per heavy atom. The van der Waals surface area contributed by atoms with Gasteiger partial charge >= 0.3 is 0 Å². The van der Waals surface area contributed by atoms with Crippen molar-refractivity contribution in [1.82, 2.24) is 4.90 Å². The Morgan fingerprint density at radius 2 is 2.17 bits per heavy atom. The van der Waals surface area contributed by atoms with Crippen molar-refractivity contribution in [2.24, 2.45) is 5.73 Å². The van der Waals surface area contributed by atoms with Crippen LogP contribution in [0.2, 0.25) is 0 Å². The quantitative estimate of drug-likeness (QED) is 0.820. The molecule has 3 heteroatoms. The molecule has 1 saturated heterocycles. The second-order valence-electron chi connectivity index (χ2n) is 5.51. The summed E-state index contributed by atoms with van der Waals surface area (Å²) < 4.78 is 5.62. The fourth-order valence-electron chi connectivity index (χ4n) is 3.33. The molecule has 0 aromatic heterocycles. The van der Waals surface area contributed by atoms with Gasteiger partial charge in [-0.3, -0.25) is 4.90 Å². The SMILES string of the molecule is CC1CN(C2CCc3ccccc3C2N)CCO1. The number of nitrogens with zero attached hydrogens (tertiary/aromatic N) is 1. The van der Waals surface area contributed by atoms with Crippen molar-refractivity contribution < 1.29 is 4.74 Å². The molecule has 2 aliphatic rings. The molecule has 3 unspecified atom stereocenters. The Kier molecular flexibility index (Phi) is 3.37. The van der Waals surface area contributed by atoms with E-state index in [-0.39, 0.29) is 6.04 Å². The van der Waals surface area contributed by atoms with Crippen molar-refractivity contribution >= 4 is 0 Å². The van der Waals surface area contributed by atoms with Crippen molar-refractivity contribution in [2.75, 3.05) is 19.7 Å². The van der Waals surface area contributed by atoms with Crippen LogP contribution >= 0.6 is 0 Å². The van der Waals surface area contributed by atoms with Crippen LogP contribution in [0.4, 0.5) is 0 Å². The lowest BCUT2D eigenvalue weighted by Crippen LogP contribution is -2.52. The summed E-state index contributed by atoms with van der Waals surface area (Å²) in [6, 6.07) is 9.25. The number of aryl methyl sites for hydroxylation is 1. The summed E-state index contributed by atoms with van der Waals surface area (Å²) in [5, 5.41) is 0. The standard InChI is InChI=1S/C15H22N2O/c1-11-10-17(8-9-18-11)14-7-6-12-4-2-3-5-13(12)15(14)16/h2-5,11,14-15H,6-10,16H2,1H3. The van der Waals surface area contributed by atoms with Crippen LogP contribution in [0.1, 0.15) is 30.5 Å². The van der Waals surface area contributed by atoms with E-state index in [1.165, 1.54) is 17.5 Å². The number of fused-ring (bicyclic) bond motifs is 1. The third-order valence-electron chi connectivity index (χ3n) is 4.28. The van der Waals surface area contributed by atoms with E-state index in [9.17, 15) is 0 Å². The molecule has 0 amide bonds. The van der Waals surface area contributed by atoms with Gasteiger partial charge in [-0.1, -0.05) is 24.3 Å². The van der Waals surface area contributed by atoms with E-state index >= 15 is 0 Å². The van der Waals surface area contributed by atoms with Gasteiger partial charge in [0.15, 0.2) is 0 Å². The third-order valence-corrected chi connectivity index (χ3v) is 4.28. The average molecular weight is 246 g/mol. The predicted molar refractivity (Wildman–Crippen MR) is 72.5 cm³/mol. The Morgan fingerprint density at radius 1 is 1.33 bits per heavy atom. The van der Waals surface area contributed by atoms with Gasteiger partial charge in [-0.05, 0) is 30.9 Å². The molecule has 0 radical (unpaired) electrons. The predicted octanol–water partition coefficient (Wildman–Crippen LogP) is 1.72. The van der Waals surface area contributed by atoms with Gasteiger partial charge in [-0.25, -0.2) is 0 Å². The molecular weight excluding hydrogens is 224 g/mol. The van der Waals surface area contributed by atoms with Crippen molar-refractivity contribution in [1.29, 1.82) is 0 Å². The van der Waals surface area contributed by atoms with Gasteiger partial charge in [-0.15, -0.1) is 0 Å². The van der Waals surface area contributed by atoms with Crippen molar-refractivity contribution in [3.63, 3.8) is 0 Å². The molecule has 3 atom stereocenters. The number of morpholine rings is 1. The van der Waals surface area contributed by atoms with Crippen LogP contribution in [0.25, 0.3) is 0 Å². The van der Waals surface area contributed by atoms with Crippen molar-refractivity contribution in [3.8, 4) is 0 Å². The molecule has 3 rings (SSSR count). The van der Waals surface area contributed by atoms with Gasteiger partial charge in [0, 0.05) is 25.2 Å². The summed E-state index contributed by atoms with van der Waals surface area (Å²) in [5.74, 6) is 0. The number of ether oxygens (including phenoxy) is 1. The fourth-order valence-corrected chi connectivity index (χ4v) is 3.33. The Balaban J connectivity index is 1.79. The van der Waals surface area contributed by atoms with Crippen LogP contribution in [0.3, 0.4) is 0 Å². The summed E-state index contributed by atoms with van der Waals surface area (Å²) in [5.41, 5.74) is 9.26. The monoisotopic (exact) mass is 246 g/mol. The zero-order valence-electron chi connectivity index (χ0n) is 11.0. The molecule has 1 aromatic carbocycles. The van der Waals surface area contributed by atoms with Gasteiger partial charge in [0.1, 0.15) is 0 Å². The first-order valence-corrected chi connectivity index (χ1v) is 6.95. The van der Waals surface area contributed by atoms with Crippen LogP contribution in [0.15, 0.2) is 24.3 Å². The highest BCUT2D eigenvalue weighted by molar-refractivity contribution is 5.33. The summed E-state index contributed by atoms with van der Waals surface area (Å²) in [7, 11) is 0. The minimum Gasteiger partial charge on any atom is -0.376 e. The topological polar surface area (TPSA) is 38.5 Å². The zero-order valence-corrected chi connectivity index (χ0v) is 11.0. The molecular formula is C15H22N2O. The maximum absolute atomic E-state index is 6.48. The minimum absolute atomic E-state index is 0.153. The molecule has 0 saturated carbocycles. The van der Waals surface area contributed by atoms with Crippen molar-refractivity contribution in [2.45, 2.75) is 38.0 Å². The maximum Gasteiger partial charge on any atom is 0.0674 e. The number of hydrogen-bond acceptors (Lipinski definition) is 3. The molecule has 3 nitrogen and oxygen atoms in total. The molecule has 1 aliphatic carbocycles. The third kappa shape index (κ3) is 2.18. The van der Waals surface area contributed by atoms with Crippen LogP contribution in [0, 0.1) is 0 Å². The van der Waals surface area contributed by atoms with E-state index in [1.807, 2.05) is 0 Å². The van der Waals surface area contributed by atoms with Crippen LogP contribution in [-0.4, -0.2) is 36.7 Å². The van der Waals surface area contributed by atoms with Gasteiger partial charge < -0.3 is 10.5 Å². The fraction of sp³-hybridized carbons (Fsp3) is 0.600. The van der Waals surface area contributed by atoms with E-state index < -0.39 is 0 Å². The highest BCUT2D eigenvalue weighted by Crippen LogP contribution is 2.31. The van der Waals surface area contributed by atoms with Crippen LogP contribution in [-0.2, 0) is 11.2 Å². The van der Waals surface area contributed by atoms with Gasteiger partial charge in [0.25, 0.3) is 0 Å². The number of rotatable bonds is 1. The summed E-state index contributed by atoms with van der Waals surface area (Å²) in [4.78, 5) is 2.52. The summed E-state index contributed by atoms with van der Waals surface area (Å²) in [6.45, 7) is 5.02. The highest BCUT2D eigenvalue weighted by atomic mass is 16.5. The smallest absolute Gasteiger partial charge is 0.0674 e. The first-order valence-electron chi connectivity index (χ1n) is 6.95. The lowest BCUT2D eigenvalue weighted by atomic mass is 9.83. The molecule has 1 aromatic rings. The zero-order chi connectivity index (χ0) is 12.5. The Hall–Kier alpha value is -0.900. The average Bonchev–Trinajstić information content (AvgIpc) is 2.39. The maximum atomic E-state index is 6.48. The first kappa shape index (κ1) is 12.2. The normalized spacial score (nSPS) is 33.1. The van der Waals surface area contributed by atoms with Crippen LogP contribution in [0.5, 0.6) is 0 Å². The van der Waals surface area contributed by atoms with Gasteiger partial charge in [0.05, 0.1) is 12.7 Å². The van der Waals surface area contributed by atoms with Gasteiger partial charge in [-0.2, -0.15) is 0 Å². The lowest BCUT2D eigenvalue weighted by molar-refractivity contribution is -0.0402. The molecule has 2 N–H and O–H groups in total.